The SMILES string of the molecule is C[CH-]n1c(C)cc(O)c(C)c1=O.[Y+3]. The van der Waals surface area contributed by atoms with Crippen molar-refractivity contribution < 1.29 is 37.8 Å². The van der Waals surface area contributed by atoms with Gasteiger partial charge in [0.1, 0.15) is 11.3 Å². The molecule has 0 fully saturated rings. The molecule has 0 saturated carbocycles. The van der Waals surface area contributed by atoms with Crippen LogP contribution in [0.2, 0.25) is 0 Å². The van der Waals surface area contributed by atoms with Crippen LogP contribution in [0.3, 0.4) is 0 Å². The molecule has 0 aliphatic heterocycles. The van der Waals surface area contributed by atoms with Crippen LogP contribution in [0.15, 0.2) is 10.9 Å². The summed E-state index contributed by atoms with van der Waals surface area (Å²) in [5.41, 5.74) is 0.972. The van der Waals surface area contributed by atoms with Crippen molar-refractivity contribution in [2.45, 2.75) is 20.8 Å². The van der Waals surface area contributed by atoms with Gasteiger partial charge >= 0.3 is 32.7 Å². The molecule has 4 heteroatoms. The first-order chi connectivity index (χ1) is 5.57. The Morgan fingerprint density at radius 3 is 2.46 bits per heavy atom. The summed E-state index contributed by atoms with van der Waals surface area (Å²) in [6, 6.07) is 1.58. The van der Waals surface area contributed by atoms with Crippen LogP contribution in [-0.2, 0) is 32.7 Å². The van der Waals surface area contributed by atoms with Gasteiger partial charge in [-0.2, -0.15) is 0 Å². The van der Waals surface area contributed by atoms with Crippen molar-refractivity contribution in [1.29, 1.82) is 0 Å². The number of rotatable bonds is 1. The Morgan fingerprint density at radius 1 is 1.46 bits per heavy atom. The number of aromatic nitrogens is 1. The first-order valence-corrected chi connectivity index (χ1v) is 3.79. The average molecular weight is 255 g/mol. The van der Waals surface area contributed by atoms with Gasteiger partial charge in [-0.1, -0.05) is 25.6 Å². The minimum absolute atomic E-state index is 0. The standard InChI is InChI=1S/C9H12NO2.Y/c1-4-10-6(2)5-8(11)7(3)9(10)12;/h4-5,11H,1-3H3;/q-1;+3. The molecule has 0 amide bonds. The quantitative estimate of drug-likeness (QED) is 0.766. The maximum atomic E-state index is 11.4. The molecular weight excluding hydrogens is 243 g/mol. The van der Waals surface area contributed by atoms with Crippen LogP contribution in [0.4, 0.5) is 0 Å². The van der Waals surface area contributed by atoms with E-state index < -0.39 is 0 Å². The normalized spacial score (nSPS) is 9.15. The van der Waals surface area contributed by atoms with Crippen LogP contribution >= 0.6 is 0 Å². The molecule has 13 heavy (non-hydrogen) atoms. The molecule has 0 saturated heterocycles. The Hall–Kier alpha value is -0.276. The predicted molar refractivity (Wildman–Crippen MR) is 47.2 cm³/mol. The number of pyridine rings is 1. The second-order valence-corrected chi connectivity index (χ2v) is 2.73. The molecule has 3 nitrogen and oxygen atoms in total. The largest absolute Gasteiger partial charge is 3.00 e. The molecule has 0 bridgehead atoms. The molecule has 0 unspecified atom stereocenters. The second-order valence-electron chi connectivity index (χ2n) is 2.73. The molecule has 1 rings (SSSR count). The van der Waals surface area contributed by atoms with Crippen molar-refractivity contribution in [3.05, 3.63) is 34.2 Å². The number of aryl methyl sites for hydroxylation is 1. The topological polar surface area (TPSA) is 42.2 Å². The van der Waals surface area contributed by atoms with E-state index >= 15 is 0 Å². The van der Waals surface area contributed by atoms with Crippen molar-refractivity contribution in [2.24, 2.45) is 0 Å². The molecule has 1 aromatic rings. The summed E-state index contributed by atoms with van der Waals surface area (Å²) < 4.78 is 1.51. The Morgan fingerprint density at radius 2 is 2.00 bits per heavy atom. The fourth-order valence-electron chi connectivity index (χ4n) is 1.15. The molecule has 1 heterocycles. The Kier molecular flexibility index (Phi) is 4.72. The zero-order valence-electron chi connectivity index (χ0n) is 8.03. The summed E-state index contributed by atoms with van der Waals surface area (Å²) >= 11 is 0. The smallest absolute Gasteiger partial charge is 0.510 e. The maximum absolute atomic E-state index is 11.4. The molecule has 0 radical (unpaired) electrons. The fourth-order valence-corrected chi connectivity index (χ4v) is 1.15. The van der Waals surface area contributed by atoms with E-state index in [4.69, 9.17) is 0 Å². The average Bonchev–Trinajstić information content (AvgIpc) is 2.01. The van der Waals surface area contributed by atoms with E-state index in [0.717, 1.165) is 5.69 Å². The first-order valence-electron chi connectivity index (χ1n) is 3.79. The molecule has 0 spiro atoms. The molecule has 1 N–H and O–H groups in total. The van der Waals surface area contributed by atoms with Gasteiger partial charge in [0, 0.05) is 0 Å². The van der Waals surface area contributed by atoms with Crippen LogP contribution in [0, 0.1) is 20.4 Å². The zero-order valence-corrected chi connectivity index (χ0v) is 10.9. The van der Waals surface area contributed by atoms with Gasteiger partial charge in [0.05, 0.1) is 0 Å². The van der Waals surface area contributed by atoms with E-state index in [2.05, 4.69) is 0 Å². The fraction of sp³-hybridized carbons (Fsp3) is 0.333. The maximum Gasteiger partial charge on any atom is 3.00 e. The molecule has 1 aromatic heterocycles. The molecule has 0 aliphatic carbocycles. The van der Waals surface area contributed by atoms with Crippen LogP contribution in [0.5, 0.6) is 5.75 Å². The minimum Gasteiger partial charge on any atom is -0.510 e. The molecule has 0 atom stereocenters. The van der Waals surface area contributed by atoms with Gasteiger partial charge in [-0.25, -0.2) is 0 Å². The third-order valence-electron chi connectivity index (χ3n) is 1.91. The molecular formula is C9H12NO2Y+2. The summed E-state index contributed by atoms with van der Waals surface area (Å²) in [6.07, 6.45) is 0. The van der Waals surface area contributed by atoms with E-state index in [9.17, 15) is 9.90 Å². The number of hydrogen-bond donors (Lipinski definition) is 1. The molecule has 0 aromatic carbocycles. The summed E-state index contributed by atoms with van der Waals surface area (Å²) in [7, 11) is 0. The number of aromatic hydroxyl groups is 1. The van der Waals surface area contributed by atoms with Gasteiger partial charge < -0.3 is 14.5 Å². The van der Waals surface area contributed by atoms with Crippen molar-refractivity contribution in [1.82, 2.24) is 4.57 Å². The third-order valence-corrected chi connectivity index (χ3v) is 1.91. The van der Waals surface area contributed by atoms with Crippen molar-refractivity contribution in [3.63, 3.8) is 0 Å². The number of hydrogen-bond acceptors (Lipinski definition) is 2. The van der Waals surface area contributed by atoms with Gasteiger partial charge in [-0.15, -0.1) is 6.54 Å². The minimum atomic E-state index is -0.157. The van der Waals surface area contributed by atoms with Crippen molar-refractivity contribution in [3.8, 4) is 5.75 Å². The summed E-state index contributed by atoms with van der Waals surface area (Å²) in [4.78, 5) is 11.4. The van der Waals surface area contributed by atoms with Crippen LogP contribution in [0.25, 0.3) is 0 Å². The van der Waals surface area contributed by atoms with Crippen molar-refractivity contribution in [2.75, 3.05) is 0 Å². The number of nitrogens with zero attached hydrogens (tertiary/aromatic N) is 1. The Bertz CT molecular complexity index is 357. The van der Waals surface area contributed by atoms with Gasteiger partial charge in [-0.05, 0) is 12.5 Å². The summed E-state index contributed by atoms with van der Waals surface area (Å²) in [5, 5.41) is 9.27. The monoisotopic (exact) mass is 255 g/mol. The molecule has 0 aliphatic rings. The third kappa shape index (κ3) is 2.35. The molecule has 66 valence electrons. The van der Waals surface area contributed by atoms with Crippen LogP contribution < -0.4 is 5.56 Å². The van der Waals surface area contributed by atoms with Gasteiger partial charge in [0.25, 0.3) is 0 Å². The first kappa shape index (κ1) is 12.7. The van der Waals surface area contributed by atoms with Gasteiger partial charge in [-0.3, -0.25) is 0 Å². The summed E-state index contributed by atoms with van der Waals surface area (Å²) in [5.74, 6) is 0.0654. The van der Waals surface area contributed by atoms with Gasteiger partial charge in [0.2, 0.25) is 0 Å². The van der Waals surface area contributed by atoms with E-state index in [0.29, 0.717) is 5.56 Å². The van der Waals surface area contributed by atoms with E-state index in [1.165, 1.54) is 4.57 Å². The van der Waals surface area contributed by atoms with E-state index in [1.807, 2.05) is 0 Å². The predicted octanol–water partition coefficient (Wildman–Crippen LogP) is 1.20. The Labute approximate surface area is 103 Å². The zero-order chi connectivity index (χ0) is 9.30. The summed E-state index contributed by atoms with van der Waals surface area (Å²) in [6.45, 7) is 6.85. The second kappa shape index (κ2) is 4.82. The van der Waals surface area contributed by atoms with Gasteiger partial charge in [0.15, 0.2) is 0 Å². The van der Waals surface area contributed by atoms with Crippen molar-refractivity contribution >= 4 is 0 Å². The van der Waals surface area contributed by atoms with E-state index in [-0.39, 0.29) is 44.0 Å². The van der Waals surface area contributed by atoms with Crippen LogP contribution in [-0.4, -0.2) is 9.67 Å². The van der Waals surface area contributed by atoms with E-state index in [1.54, 1.807) is 33.4 Å². The Balaban J connectivity index is 0.00000144. The van der Waals surface area contributed by atoms with Crippen LogP contribution in [0.1, 0.15) is 18.2 Å².